The van der Waals surface area contributed by atoms with Crippen molar-refractivity contribution in [3.05, 3.63) is 26.8 Å². The molecule has 0 aromatic carbocycles. The van der Waals surface area contributed by atoms with Crippen LogP contribution in [-0.2, 0) is 12.6 Å². The van der Waals surface area contributed by atoms with Gasteiger partial charge in [-0.2, -0.15) is 0 Å². The highest BCUT2D eigenvalue weighted by atomic mass is 31.1. The van der Waals surface area contributed by atoms with Crippen molar-refractivity contribution in [2.75, 3.05) is 6.16 Å². The van der Waals surface area contributed by atoms with Crippen LogP contribution in [0.5, 0.6) is 0 Å². The molecule has 1 aromatic rings. The van der Waals surface area contributed by atoms with Crippen LogP contribution in [0.1, 0.15) is 16.6 Å². The van der Waals surface area contributed by atoms with Gasteiger partial charge in [-0.15, -0.1) is 8.58 Å². The van der Waals surface area contributed by atoms with Crippen LogP contribution in [0.4, 0.5) is 0 Å². The van der Waals surface area contributed by atoms with Gasteiger partial charge in [0.05, 0.1) is 0 Å². The van der Waals surface area contributed by atoms with E-state index in [-0.39, 0.29) is 5.36 Å². The fourth-order valence-corrected chi connectivity index (χ4v) is 3.65. The van der Waals surface area contributed by atoms with E-state index in [0.717, 1.165) is 35.1 Å². The summed E-state index contributed by atoms with van der Waals surface area (Å²) < 4.78 is 5.17. The van der Waals surface area contributed by atoms with E-state index in [1.807, 2.05) is 6.92 Å². The topological polar surface area (TPSA) is 30.2 Å². The van der Waals surface area contributed by atoms with Crippen molar-refractivity contribution < 1.29 is 4.42 Å². The van der Waals surface area contributed by atoms with E-state index in [2.05, 4.69) is 0 Å². The van der Waals surface area contributed by atoms with Gasteiger partial charge in [0.15, 0.2) is 0 Å². The summed E-state index contributed by atoms with van der Waals surface area (Å²) in [6.07, 6.45) is 3.28. The molecule has 2 nitrogen and oxygen atoms in total. The monoisotopic (exact) mass is 200 g/mol. The van der Waals surface area contributed by atoms with Gasteiger partial charge < -0.3 is 4.42 Å². The zero-order valence-electron chi connectivity index (χ0n) is 6.89. The van der Waals surface area contributed by atoms with Crippen molar-refractivity contribution in [2.24, 2.45) is 0 Å². The Morgan fingerprint density at radius 3 is 3.25 bits per heavy atom. The second-order valence-corrected chi connectivity index (χ2v) is 5.51. The minimum Gasteiger partial charge on any atom is -0.424 e. The molecule has 0 bridgehead atoms. The summed E-state index contributed by atoms with van der Waals surface area (Å²) >= 11 is 0. The lowest BCUT2D eigenvalue weighted by atomic mass is 10.2. The average Bonchev–Trinajstić information content (AvgIpc) is 2.04. The van der Waals surface area contributed by atoms with Crippen LogP contribution >= 0.6 is 16.8 Å². The summed E-state index contributed by atoms with van der Waals surface area (Å²) in [6, 6.07) is 0. The molecule has 0 amide bonds. The molecule has 0 spiro atoms. The third-order valence-electron chi connectivity index (χ3n) is 2.07. The number of hydrogen-bond donors (Lipinski definition) is 0. The van der Waals surface area contributed by atoms with Crippen molar-refractivity contribution in [1.82, 2.24) is 0 Å². The quantitative estimate of drug-likeness (QED) is 0.601. The van der Waals surface area contributed by atoms with Gasteiger partial charge in [-0.1, -0.05) is 0 Å². The summed E-state index contributed by atoms with van der Waals surface area (Å²) in [5.41, 5.74) is 1.32. The molecule has 2 rings (SSSR count). The van der Waals surface area contributed by atoms with Crippen molar-refractivity contribution in [2.45, 2.75) is 19.5 Å². The van der Waals surface area contributed by atoms with Crippen LogP contribution in [0.3, 0.4) is 0 Å². The lowest BCUT2D eigenvalue weighted by molar-refractivity contribution is 0.473. The summed E-state index contributed by atoms with van der Waals surface area (Å²) in [6.45, 7) is 2.03. The molecule has 64 valence electrons. The van der Waals surface area contributed by atoms with Gasteiger partial charge in [0.25, 0.3) is 0 Å². The molecule has 1 aliphatic rings. The largest absolute Gasteiger partial charge is 0.424 e. The molecule has 12 heavy (non-hydrogen) atoms. The molecule has 0 saturated carbocycles. The third kappa shape index (κ3) is 1.46. The second kappa shape index (κ2) is 3.28. The molecule has 0 radical (unpaired) electrons. The minimum absolute atomic E-state index is 0.100. The van der Waals surface area contributed by atoms with E-state index in [9.17, 15) is 4.79 Å². The van der Waals surface area contributed by atoms with Crippen molar-refractivity contribution in [1.29, 1.82) is 0 Å². The Hall–Kier alpha value is -0.190. The third-order valence-corrected chi connectivity index (χ3v) is 4.16. The van der Waals surface area contributed by atoms with Gasteiger partial charge in [0.1, 0.15) is 5.76 Å². The van der Waals surface area contributed by atoms with Gasteiger partial charge in [0.2, 0.25) is 0 Å². The molecule has 0 aliphatic carbocycles. The molecule has 4 heteroatoms. The van der Waals surface area contributed by atoms with Gasteiger partial charge >= 0.3 is 5.36 Å². The Kier molecular flexibility index (Phi) is 2.30. The van der Waals surface area contributed by atoms with E-state index >= 15 is 0 Å². The fourth-order valence-electron chi connectivity index (χ4n) is 1.44. The molecule has 0 N–H and O–H groups in total. The number of aryl methyl sites for hydroxylation is 2. The summed E-state index contributed by atoms with van der Waals surface area (Å²) in [5, 5.41) is 1.10. The second-order valence-electron chi connectivity index (χ2n) is 2.89. The lowest BCUT2D eigenvalue weighted by Gasteiger charge is -2.14. The molecule has 2 heterocycles. The Labute approximate surface area is 74.3 Å². The van der Waals surface area contributed by atoms with Crippen LogP contribution in [0.2, 0.25) is 0 Å². The van der Waals surface area contributed by atoms with E-state index in [1.54, 1.807) is 0 Å². The van der Waals surface area contributed by atoms with Crippen LogP contribution in [-0.4, -0.2) is 6.16 Å². The Balaban J connectivity index is 2.60. The van der Waals surface area contributed by atoms with Gasteiger partial charge in [-0.25, -0.2) is 4.79 Å². The highest BCUT2D eigenvalue weighted by molar-refractivity contribution is 7.37. The van der Waals surface area contributed by atoms with E-state index in [1.165, 1.54) is 17.0 Å². The first kappa shape index (κ1) is 8.41. The minimum atomic E-state index is -0.100. The van der Waals surface area contributed by atoms with Crippen LogP contribution in [0, 0.1) is 6.92 Å². The maximum absolute atomic E-state index is 11.0. The predicted octanol–water partition coefficient (Wildman–Crippen LogP) is 2.26. The van der Waals surface area contributed by atoms with Crippen LogP contribution < -0.4 is 5.36 Å². The van der Waals surface area contributed by atoms with E-state index in [0.29, 0.717) is 0 Å². The van der Waals surface area contributed by atoms with Crippen molar-refractivity contribution in [3.63, 3.8) is 0 Å². The number of rotatable bonds is 0. The maximum atomic E-state index is 11.0. The van der Waals surface area contributed by atoms with Crippen LogP contribution in [0.25, 0.3) is 0 Å². The number of hydrogen-bond acceptors (Lipinski definition) is 2. The predicted molar refractivity (Wildman–Crippen MR) is 52.8 cm³/mol. The maximum Gasteiger partial charge on any atom is 0.361 e. The van der Waals surface area contributed by atoms with Crippen LogP contribution in [0.15, 0.2) is 9.21 Å². The molecule has 1 atom stereocenters. The first-order valence-corrected chi connectivity index (χ1v) is 6.28. The van der Waals surface area contributed by atoms with Gasteiger partial charge in [-0.3, -0.25) is 0 Å². The highest BCUT2D eigenvalue weighted by Gasteiger charge is 2.14. The molecule has 1 unspecified atom stereocenters. The van der Waals surface area contributed by atoms with Gasteiger partial charge in [0, 0.05) is 20.2 Å². The molecule has 0 saturated heterocycles. The fraction of sp³-hybridized carbons (Fsp3) is 0.500. The molecule has 1 aliphatic heterocycles. The molecule has 1 aromatic heterocycles. The van der Waals surface area contributed by atoms with Crippen molar-refractivity contribution >= 4 is 16.8 Å². The molecule has 0 fully saturated rings. The van der Waals surface area contributed by atoms with E-state index < -0.39 is 0 Å². The first-order chi connectivity index (χ1) is 5.77. The Morgan fingerprint density at radius 2 is 2.42 bits per heavy atom. The summed E-state index contributed by atoms with van der Waals surface area (Å²) in [7, 11) is 1.76. The average molecular weight is 200 g/mol. The Morgan fingerprint density at radius 1 is 1.58 bits per heavy atom. The van der Waals surface area contributed by atoms with Crippen molar-refractivity contribution in [3.8, 4) is 0 Å². The molecular formula is C8H10O2P2. The number of fused-ring (bicyclic) bond motifs is 1. The lowest BCUT2D eigenvalue weighted by Crippen LogP contribution is -2.06. The van der Waals surface area contributed by atoms with Gasteiger partial charge in [-0.05, 0) is 24.5 Å². The summed E-state index contributed by atoms with van der Waals surface area (Å²) in [5.74, 6) is 0.954. The first-order valence-electron chi connectivity index (χ1n) is 3.97. The normalized spacial score (nSPS) is 18.4. The summed E-state index contributed by atoms with van der Waals surface area (Å²) in [4.78, 5) is 11.0. The zero-order chi connectivity index (χ0) is 8.55. The highest BCUT2D eigenvalue weighted by Crippen LogP contribution is 2.32. The smallest absolute Gasteiger partial charge is 0.361 e. The standard InChI is InChI=1S/C8H10O2P2/c1-5-6-4-11-3-2-7(6)10-8(9)12-5/h11H,2-4H2,1H3. The SMILES string of the molecule is Cc1pc(=O)oc2c1CPCC2. The Bertz CT molecular complexity index is 357. The zero-order valence-corrected chi connectivity index (χ0v) is 8.78. The molecular weight excluding hydrogens is 190 g/mol. The van der Waals surface area contributed by atoms with E-state index in [4.69, 9.17) is 4.42 Å².